The van der Waals surface area contributed by atoms with Crippen molar-refractivity contribution in [3.8, 4) is 0 Å². The molecular formula is C12H17N5OS. The molecule has 0 aliphatic carbocycles. The van der Waals surface area contributed by atoms with E-state index in [2.05, 4.69) is 15.0 Å². The first-order chi connectivity index (χ1) is 9.20. The van der Waals surface area contributed by atoms with E-state index >= 15 is 0 Å². The quantitative estimate of drug-likeness (QED) is 0.909. The van der Waals surface area contributed by atoms with Gasteiger partial charge in [-0.05, 0) is 0 Å². The smallest absolute Gasteiger partial charge is 0.180 e. The summed E-state index contributed by atoms with van der Waals surface area (Å²) in [6, 6.07) is 0. The van der Waals surface area contributed by atoms with E-state index in [9.17, 15) is 0 Å². The second kappa shape index (κ2) is 5.28. The molecule has 0 radical (unpaired) electrons. The van der Waals surface area contributed by atoms with Crippen molar-refractivity contribution in [1.82, 2.24) is 19.7 Å². The summed E-state index contributed by atoms with van der Waals surface area (Å²) in [5.41, 5.74) is 6.79. The van der Waals surface area contributed by atoms with Gasteiger partial charge in [-0.3, -0.25) is 9.58 Å². The third-order valence-corrected chi connectivity index (χ3v) is 4.01. The molecule has 1 atom stereocenters. The summed E-state index contributed by atoms with van der Waals surface area (Å²) >= 11 is 1.55. The van der Waals surface area contributed by atoms with Crippen molar-refractivity contribution in [1.29, 1.82) is 0 Å². The van der Waals surface area contributed by atoms with Gasteiger partial charge in [0.25, 0.3) is 0 Å². The first-order valence-corrected chi connectivity index (χ1v) is 7.05. The van der Waals surface area contributed by atoms with Crippen LogP contribution in [0.3, 0.4) is 0 Å². The lowest BCUT2D eigenvalue weighted by Crippen LogP contribution is -2.37. The molecule has 0 aromatic carbocycles. The minimum atomic E-state index is 0.104. The van der Waals surface area contributed by atoms with E-state index in [1.54, 1.807) is 11.3 Å². The Labute approximate surface area is 115 Å². The lowest BCUT2D eigenvalue weighted by Gasteiger charge is -2.32. The molecule has 1 saturated heterocycles. The van der Waals surface area contributed by atoms with Crippen molar-refractivity contribution in [2.24, 2.45) is 7.05 Å². The predicted molar refractivity (Wildman–Crippen MR) is 73.7 cm³/mol. The van der Waals surface area contributed by atoms with Crippen LogP contribution in [0.4, 0.5) is 5.13 Å². The van der Waals surface area contributed by atoms with Gasteiger partial charge >= 0.3 is 0 Å². The number of morpholine rings is 1. The Balaban J connectivity index is 1.64. The number of hydrogen-bond donors (Lipinski definition) is 1. The van der Waals surface area contributed by atoms with Crippen LogP contribution < -0.4 is 5.73 Å². The molecule has 102 valence electrons. The predicted octanol–water partition coefficient (Wildman–Crippen LogP) is 1.03. The molecule has 1 aliphatic heterocycles. The highest BCUT2D eigenvalue weighted by Gasteiger charge is 2.23. The fraction of sp³-hybridized carbons (Fsp3) is 0.500. The molecule has 3 heterocycles. The van der Waals surface area contributed by atoms with Crippen LogP contribution in [0.5, 0.6) is 0 Å². The fourth-order valence-electron chi connectivity index (χ4n) is 2.27. The second-order valence-electron chi connectivity index (χ2n) is 4.71. The monoisotopic (exact) mass is 279 g/mol. The third kappa shape index (κ3) is 2.94. The normalized spacial score (nSPS) is 20.8. The van der Waals surface area contributed by atoms with Crippen LogP contribution in [0.15, 0.2) is 18.6 Å². The van der Waals surface area contributed by atoms with E-state index in [-0.39, 0.29) is 6.10 Å². The van der Waals surface area contributed by atoms with Gasteiger partial charge < -0.3 is 10.5 Å². The zero-order chi connectivity index (χ0) is 13.2. The van der Waals surface area contributed by atoms with Crippen molar-refractivity contribution in [2.45, 2.75) is 12.6 Å². The molecule has 19 heavy (non-hydrogen) atoms. The number of aromatic nitrogens is 3. The minimum absolute atomic E-state index is 0.104. The zero-order valence-electron chi connectivity index (χ0n) is 10.8. The Hall–Kier alpha value is -1.44. The Morgan fingerprint density at radius 3 is 3.11 bits per heavy atom. The molecule has 2 N–H and O–H groups in total. The summed E-state index contributed by atoms with van der Waals surface area (Å²) in [6.07, 6.45) is 5.85. The average molecular weight is 279 g/mol. The minimum Gasteiger partial charge on any atom is -0.375 e. The van der Waals surface area contributed by atoms with Gasteiger partial charge in [0, 0.05) is 49.5 Å². The highest BCUT2D eigenvalue weighted by atomic mass is 32.1. The summed E-state index contributed by atoms with van der Waals surface area (Å²) in [6.45, 7) is 3.45. The van der Waals surface area contributed by atoms with Crippen LogP contribution in [-0.4, -0.2) is 39.4 Å². The Morgan fingerprint density at radius 2 is 2.42 bits per heavy atom. The molecule has 1 aliphatic rings. The standard InChI is InChI=1S/C12H17N5OS/c1-16-6-9(4-15-16)11-8-17(2-3-18-11)7-10-5-14-12(13)19-10/h4-6,11H,2-3,7-8H2,1H3,(H2,13,14). The molecule has 1 fully saturated rings. The van der Waals surface area contributed by atoms with Gasteiger partial charge in [0.2, 0.25) is 0 Å². The number of nitrogen functional groups attached to an aromatic ring is 1. The highest BCUT2D eigenvalue weighted by molar-refractivity contribution is 7.15. The van der Waals surface area contributed by atoms with Crippen LogP contribution in [0.2, 0.25) is 0 Å². The molecule has 0 saturated carbocycles. The lowest BCUT2D eigenvalue weighted by molar-refractivity contribution is -0.0326. The maximum Gasteiger partial charge on any atom is 0.180 e. The van der Waals surface area contributed by atoms with Gasteiger partial charge in [-0.25, -0.2) is 4.98 Å². The summed E-state index contributed by atoms with van der Waals surface area (Å²) in [5.74, 6) is 0. The van der Waals surface area contributed by atoms with Gasteiger partial charge in [-0.15, -0.1) is 11.3 Å². The van der Waals surface area contributed by atoms with E-state index in [1.165, 1.54) is 4.88 Å². The topological polar surface area (TPSA) is 69.2 Å². The Kier molecular flexibility index (Phi) is 3.50. The Bertz CT molecular complexity index is 552. The van der Waals surface area contributed by atoms with Crippen LogP contribution in [0.1, 0.15) is 16.5 Å². The summed E-state index contributed by atoms with van der Waals surface area (Å²) in [4.78, 5) is 7.66. The molecule has 2 aromatic heterocycles. The van der Waals surface area contributed by atoms with Crippen LogP contribution >= 0.6 is 11.3 Å². The second-order valence-corrected chi connectivity index (χ2v) is 5.85. The number of ether oxygens (including phenoxy) is 1. The van der Waals surface area contributed by atoms with E-state index in [0.29, 0.717) is 5.13 Å². The molecule has 0 amide bonds. The van der Waals surface area contributed by atoms with Crippen molar-refractivity contribution in [3.05, 3.63) is 29.0 Å². The largest absolute Gasteiger partial charge is 0.375 e. The van der Waals surface area contributed by atoms with Gasteiger partial charge in [0.1, 0.15) is 0 Å². The van der Waals surface area contributed by atoms with Gasteiger partial charge in [0.05, 0.1) is 18.9 Å². The number of thiazole rings is 1. The SMILES string of the molecule is Cn1cc(C2CN(Cc3cnc(N)s3)CCO2)cn1. The van der Waals surface area contributed by atoms with Crippen molar-refractivity contribution in [2.75, 3.05) is 25.4 Å². The van der Waals surface area contributed by atoms with E-state index < -0.39 is 0 Å². The number of nitrogens with zero attached hydrogens (tertiary/aromatic N) is 4. The highest BCUT2D eigenvalue weighted by Crippen LogP contribution is 2.24. The number of anilines is 1. The molecule has 1 unspecified atom stereocenters. The molecule has 0 bridgehead atoms. The summed E-state index contributed by atoms with van der Waals surface area (Å²) in [5, 5.41) is 4.83. The first-order valence-electron chi connectivity index (χ1n) is 6.23. The number of nitrogens with two attached hydrogens (primary N) is 1. The van der Waals surface area contributed by atoms with Crippen LogP contribution in [0.25, 0.3) is 0 Å². The maximum absolute atomic E-state index is 5.82. The van der Waals surface area contributed by atoms with Gasteiger partial charge in [-0.2, -0.15) is 5.10 Å². The van der Waals surface area contributed by atoms with E-state index in [4.69, 9.17) is 10.5 Å². The summed E-state index contributed by atoms with van der Waals surface area (Å²) in [7, 11) is 1.92. The van der Waals surface area contributed by atoms with Crippen molar-refractivity contribution >= 4 is 16.5 Å². The number of rotatable bonds is 3. The molecule has 3 rings (SSSR count). The number of aryl methyl sites for hydroxylation is 1. The summed E-state index contributed by atoms with van der Waals surface area (Å²) < 4.78 is 7.63. The van der Waals surface area contributed by atoms with E-state index in [0.717, 1.165) is 31.8 Å². The maximum atomic E-state index is 5.82. The van der Waals surface area contributed by atoms with Crippen LogP contribution in [-0.2, 0) is 18.3 Å². The Morgan fingerprint density at radius 1 is 1.53 bits per heavy atom. The van der Waals surface area contributed by atoms with Crippen molar-refractivity contribution < 1.29 is 4.74 Å². The fourth-order valence-corrected chi connectivity index (χ4v) is 3.00. The molecule has 0 spiro atoms. The zero-order valence-corrected chi connectivity index (χ0v) is 11.6. The number of hydrogen-bond acceptors (Lipinski definition) is 6. The molecule has 7 heteroatoms. The molecule has 6 nitrogen and oxygen atoms in total. The molecule has 2 aromatic rings. The van der Waals surface area contributed by atoms with E-state index in [1.807, 2.05) is 30.3 Å². The van der Waals surface area contributed by atoms with Gasteiger partial charge in [-0.1, -0.05) is 0 Å². The average Bonchev–Trinajstić information content (AvgIpc) is 2.99. The van der Waals surface area contributed by atoms with Crippen molar-refractivity contribution in [3.63, 3.8) is 0 Å². The third-order valence-electron chi connectivity index (χ3n) is 3.20. The van der Waals surface area contributed by atoms with Gasteiger partial charge in [0.15, 0.2) is 5.13 Å². The van der Waals surface area contributed by atoms with Crippen LogP contribution in [0, 0.1) is 0 Å². The molecular weight excluding hydrogens is 262 g/mol. The first kappa shape index (κ1) is 12.6. The lowest BCUT2D eigenvalue weighted by atomic mass is 10.1.